The number of para-hydroxylation sites is 1. The molecule has 0 atom stereocenters. The number of carbonyl (C=O) groups is 1. The van der Waals surface area contributed by atoms with Crippen LogP contribution in [0, 0.1) is 0 Å². The van der Waals surface area contributed by atoms with Crippen molar-refractivity contribution in [1.29, 1.82) is 0 Å². The third kappa shape index (κ3) is 2.51. The van der Waals surface area contributed by atoms with Crippen molar-refractivity contribution in [2.75, 3.05) is 12.8 Å². The van der Waals surface area contributed by atoms with E-state index in [4.69, 9.17) is 10.5 Å². The molecule has 0 fully saturated rings. The van der Waals surface area contributed by atoms with Crippen LogP contribution in [0.1, 0.15) is 5.56 Å². The summed E-state index contributed by atoms with van der Waals surface area (Å²) in [5.74, 6) is -0.253. The third-order valence-corrected chi connectivity index (χ3v) is 2.83. The minimum absolute atomic E-state index is 0.251. The van der Waals surface area contributed by atoms with Crippen LogP contribution in [0.2, 0.25) is 0 Å². The predicted octanol–water partition coefficient (Wildman–Crippen LogP) is 2.65. The first-order valence-electron chi connectivity index (χ1n) is 5.72. The van der Waals surface area contributed by atoms with E-state index in [1.807, 2.05) is 48.5 Å². The average Bonchev–Trinajstić information content (AvgIpc) is 2.40. The highest BCUT2D eigenvalue weighted by Crippen LogP contribution is 2.28. The van der Waals surface area contributed by atoms with Gasteiger partial charge in [0.2, 0.25) is 0 Å². The Morgan fingerprint density at radius 1 is 1.06 bits per heavy atom. The molecule has 2 rings (SSSR count). The van der Waals surface area contributed by atoms with E-state index in [0.717, 1.165) is 16.7 Å². The van der Waals surface area contributed by atoms with Gasteiger partial charge in [0.15, 0.2) is 0 Å². The molecule has 0 aromatic heterocycles. The molecule has 0 aliphatic heterocycles. The maximum atomic E-state index is 11.4. The molecule has 0 saturated carbocycles. The van der Waals surface area contributed by atoms with Gasteiger partial charge in [0, 0.05) is 11.3 Å². The van der Waals surface area contributed by atoms with Gasteiger partial charge in [0.05, 0.1) is 13.5 Å². The lowest BCUT2D eigenvalue weighted by Crippen LogP contribution is -2.06. The summed E-state index contributed by atoms with van der Waals surface area (Å²) < 4.78 is 4.71. The summed E-state index contributed by atoms with van der Waals surface area (Å²) in [5, 5.41) is 0. The number of esters is 1. The van der Waals surface area contributed by atoms with Crippen LogP contribution in [-0.2, 0) is 16.0 Å². The van der Waals surface area contributed by atoms with Gasteiger partial charge in [-0.05, 0) is 17.2 Å². The van der Waals surface area contributed by atoms with Gasteiger partial charge in [0.25, 0.3) is 0 Å². The van der Waals surface area contributed by atoms with Gasteiger partial charge in [-0.15, -0.1) is 0 Å². The summed E-state index contributed by atoms with van der Waals surface area (Å²) in [6.07, 6.45) is 0.251. The third-order valence-electron chi connectivity index (χ3n) is 2.83. The lowest BCUT2D eigenvalue weighted by atomic mass is 9.96. The van der Waals surface area contributed by atoms with Crippen molar-refractivity contribution in [2.45, 2.75) is 6.42 Å². The number of nitrogens with two attached hydrogens (primary N) is 1. The maximum absolute atomic E-state index is 11.4. The van der Waals surface area contributed by atoms with Crippen LogP contribution in [0.15, 0.2) is 48.5 Å². The predicted molar refractivity (Wildman–Crippen MR) is 72.0 cm³/mol. The van der Waals surface area contributed by atoms with E-state index in [-0.39, 0.29) is 12.4 Å². The van der Waals surface area contributed by atoms with E-state index in [0.29, 0.717) is 5.69 Å². The molecule has 2 aromatic carbocycles. The number of benzene rings is 2. The SMILES string of the molecule is COC(=O)Cc1ccccc1-c1ccccc1N. The maximum Gasteiger partial charge on any atom is 0.309 e. The Morgan fingerprint density at radius 2 is 1.67 bits per heavy atom. The lowest BCUT2D eigenvalue weighted by Gasteiger charge is -2.10. The number of ether oxygens (including phenoxy) is 1. The number of rotatable bonds is 3. The second kappa shape index (κ2) is 5.36. The standard InChI is InChI=1S/C15H15NO2/c1-18-15(17)10-11-6-2-3-7-12(11)13-8-4-5-9-14(13)16/h2-9H,10,16H2,1H3. The molecule has 0 aliphatic rings. The molecule has 0 saturated heterocycles. The number of methoxy groups -OCH3 is 1. The summed E-state index contributed by atoms with van der Waals surface area (Å²) in [6, 6.07) is 15.3. The summed E-state index contributed by atoms with van der Waals surface area (Å²) >= 11 is 0. The Kier molecular flexibility index (Phi) is 3.63. The molecule has 92 valence electrons. The molecular formula is C15H15NO2. The van der Waals surface area contributed by atoms with Crippen molar-refractivity contribution in [3.05, 3.63) is 54.1 Å². The van der Waals surface area contributed by atoms with Crippen LogP contribution < -0.4 is 5.73 Å². The Bertz CT molecular complexity index is 564. The van der Waals surface area contributed by atoms with Crippen LogP contribution in [0.5, 0.6) is 0 Å². The number of carbonyl (C=O) groups excluding carboxylic acids is 1. The Morgan fingerprint density at radius 3 is 2.33 bits per heavy atom. The van der Waals surface area contributed by atoms with Gasteiger partial charge < -0.3 is 10.5 Å². The minimum atomic E-state index is -0.253. The highest BCUT2D eigenvalue weighted by atomic mass is 16.5. The summed E-state index contributed by atoms with van der Waals surface area (Å²) in [6.45, 7) is 0. The van der Waals surface area contributed by atoms with Crippen molar-refractivity contribution in [2.24, 2.45) is 0 Å². The van der Waals surface area contributed by atoms with Crippen LogP contribution >= 0.6 is 0 Å². The Hall–Kier alpha value is -2.29. The molecule has 0 spiro atoms. The van der Waals surface area contributed by atoms with Gasteiger partial charge in [-0.2, -0.15) is 0 Å². The van der Waals surface area contributed by atoms with Crippen LogP contribution in [0.3, 0.4) is 0 Å². The molecule has 2 aromatic rings. The molecular weight excluding hydrogens is 226 g/mol. The highest BCUT2D eigenvalue weighted by Gasteiger charge is 2.10. The van der Waals surface area contributed by atoms with Crippen molar-refractivity contribution < 1.29 is 9.53 Å². The summed E-state index contributed by atoms with van der Waals surface area (Å²) in [4.78, 5) is 11.4. The summed E-state index contributed by atoms with van der Waals surface area (Å²) in [5.41, 5.74) is 9.51. The first-order valence-corrected chi connectivity index (χ1v) is 5.72. The van der Waals surface area contributed by atoms with E-state index >= 15 is 0 Å². The van der Waals surface area contributed by atoms with Crippen LogP contribution in [-0.4, -0.2) is 13.1 Å². The number of hydrogen-bond donors (Lipinski definition) is 1. The Balaban J connectivity index is 2.45. The zero-order chi connectivity index (χ0) is 13.0. The van der Waals surface area contributed by atoms with Crippen molar-refractivity contribution >= 4 is 11.7 Å². The van der Waals surface area contributed by atoms with E-state index in [2.05, 4.69) is 0 Å². The van der Waals surface area contributed by atoms with E-state index in [1.54, 1.807) is 0 Å². The first kappa shape index (κ1) is 12.2. The van der Waals surface area contributed by atoms with Gasteiger partial charge in [-0.3, -0.25) is 4.79 Å². The quantitative estimate of drug-likeness (QED) is 0.664. The number of nitrogen functional groups attached to an aromatic ring is 1. The molecule has 0 amide bonds. The van der Waals surface area contributed by atoms with E-state index in [9.17, 15) is 4.79 Å². The van der Waals surface area contributed by atoms with Crippen molar-refractivity contribution in [1.82, 2.24) is 0 Å². The zero-order valence-electron chi connectivity index (χ0n) is 10.2. The summed E-state index contributed by atoms with van der Waals surface area (Å²) in [7, 11) is 1.39. The Labute approximate surface area is 106 Å². The van der Waals surface area contributed by atoms with Crippen LogP contribution in [0.4, 0.5) is 5.69 Å². The smallest absolute Gasteiger partial charge is 0.309 e. The highest BCUT2D eigenvalue weighted by molar-refractivity contribution is 5.82. The normalized spacial score (nSPS) is 10.1. The fraction of sp³-hybridized carbons (Fsp3) is 0.133. The van der Waals surface area contributed by atoms with Gasteiger partial charge in [-0.1, -0.05) is 42.5 Å². The first-order chi connectivity index (χ1) is 8.72. The molecule has 0 heterocycles. The second-order valence-electron chi connectivity index (χ2n) is 4.00. The van der Waals surface area contributed by atoms with Crippen molar-refractivity contribution in [3.63, 3.8) is 0 Å². The molecule has 3 heteroatoms. The zero-order valence-corrected chi connectivity index (χ0v) is 10.2. The van der Waals surface area contributed by atoms with E-state index in [1.165, 1.54) is 7.11 Å². The van der Waals surface area contributed by atoms with Crippen LogP contribution in [0.25, 0.3) is 11.1 Å². The number of anilines is 1. The molecule has 0 aliphatic carbocycles. The van der Waals surface area contributed by atoms with E-state index < -0.39 is 0 Å². The van der Waals surface area contributed by atoms with Gasteiger partial charge in [0.1, 0.15) is 0 Å². The topological polar surface area (TPSA) is 52.3 Å². The monoisotopic (exact) mass is 241 g/mol. The minimum Gasteiger partial charge on any atom is -0.469 e. The van der Waals surface area contributed by atoms with Gasteiger partial charge >= 0.3 is 5.97 Å². The van der Waals surface area contributed by atoms with Crippen molar-refractivity contribution in [3.8, 4) is 11.1 Å². The molecule has 0 bridgehead atoms. The molecule has 3 nitrogen and oxygen atoms in total. The molecule has 2 N–H and O–H groups in total. The number of hydrogen-bond acceptors (Lipinski definition) is 3. The second-order valence-corrected chi connectivity index (χ2v) is 4.00. The molecule has 0 unspecified atom stereocenters. The average molecular weight is 241 g/mol. The molecule has 18 heavy (non-hydrogen) atoms. The lowest BCUT2D eigenvalue weighted by molar-refractivity contribution is -0.139. The van der Waals surface area contributed by atoms with Gasteiger partial charge in [-0.25, -0.2) is 0 Å². The fourth-order valence-corrected chi connectivity index (χ4v) is 1.91. The molecule has 0 radical (unpaired) electrons. The largest absolute Gasteiger partial charge is 0.469 e. The fourth-order valence-electron chi connectivity index (χ4n) is 1.91.